The van der Waals surface area contributed by atoms with Crippen molar-refractivity contribution in [1.29, 1.82) is 0 Å². The maximum atomic E-state index is 6.17. The van der Waals surface area contributed by atoms with Crippen LogP contribution in [0.1, 0.15) is 23.6 Å². The molecule has 0 amide bonds. The minimum Gasteiger partial charge on any atom is -0.399 e. The zero-order chi connectivity index (χ0) is 17.4. The van der Waals surface area contributed by atoms with E-state index in [0.29, 0.717) is 0 Å². The molecule has 1 unspecified atom stereocenters. The van der Waals surface area contributed by atoms with Gasteiger partial charge in [-0.3, -0.25) is 0 Å². The van der Waals surface area contributed by atoms with E-state index in [1.165, 1.54) is 27.8 Å². The summed E-state index contributed by atoms with van der Waals surface area (Å²) in [5.74, 6) is 0. The molecule has 0 radical (unpaired) electrons. The first kappa shape index (κ1) is 15.7. The van der Waals surface area contributed by atoms with Crippen LogP contribution >= 0.6 is 0 Å². The molecule has 1 aliphatic rings. The lowest BCUT2D eigenvalue weighted by atomic mass is 9.69. The van der Waals surface area contributed by atoms with Gasteiger partial charge >= 0.3 is 0 Å². The van der Waals surface area contributed by atoms with Gasteiger partial charge in [-0.2, -0.15) is 0 Å². The average molecular weight is 329 g/mol. The van der Waals surface area contributed by atoms with Crippen LogP contribution in [0.5, 0.6) is 0 Å². The highest BCUT2D eigenvalue weighted by Gasteiger charge is 2.39. The number of rotatable bonds is 3. The van der Waals surface area contributed by atoms with Crippen molar-refractivity contribution in [2.24, 2.45) is 0 Å². The van der Waals surface area contributed by atoms with Crippen LogP contribution in [0.2, 0.25) is 0 Å². The summed E-state index contributed by atoms with van der Waals surface area (Å²) in [4.78, 5) is 0. The molecule has 25 heavy (non-hydrogen) atoms. The van der Waals surface area contributed by atoms with Crippen LogP contribution in [0, 0.1) is 0 Å². The highest BCUT2D eigenvalue weighted by Crippen LogP contribution is 2.46. The molecule has 3 heteroatoms. The normalized spacial score (nSPS) is 18.4. The molecule has 0 aromatic heterocycles. The van der Waals surface area contributed by atoms with Gasteiger partial charge in [0, 0.05) is 11.4 Å². The van der Waals surface area contributed by atoms with Gasteiger partial charge in [0.15, 0.2) is 0 Å². The molecule has 5 N–H and O–H groups in total. The fourth-order valence-electron chi connectivity index (χ4n) is 4.10. The lowest BCUT2D eigenvalue weighted by Gasteiger charge is -2.41. The molecule has 0 saturated carbocycles. The van der Waals surface area contributed by atoms with Crippen molar-refractivity contribution >= 4 is 11.4 Å². The number of anilines is 2. The molecule has 0 fully saturated rings. The van der Waals surface area contributed by atoms with E-state index < -0.39 is 0 Å². The van der Waals surface area contributed by atoms with Crippen LogP contribution in [0.4, 0.5) is 11.4 Å². The molecule has 3 nitrogen and oxygen atoms in total. The van der Waals surface area contributed by atoms with Crippen LogP contribution < -0.4 is 16.8 Å². The average Bonchev–Trinajstić information content (AvgIpc) is 2.62. The summed E-state index contributed by atoms with van der Waals surface area (Å²) in [5.41, 5.74) is 19.8. The largest absolute Gasteiger partial charge is 0.399 e. The van der Waals surface area contributed by atoms with E-state index in [1.807, 2.05) is 12.1 Å². The number of hydrogen-bond donors (Lipinski definition) is 3. The van der Waals surface area contributed by atoms with Gasteiger partial charge in [-0.15, -0.1) is 0 Å². The summed E-state index contributed by atoms with van der Waals surface area (Å²) in [6, 6.07) is 23.0. The molecule has 0 saturated heterocycles. The Balaban J connectivity index is 2.04. The third-order valence-corrected chi connectivity index (χ3v) is 5.12. The molecule has 0 spiro atoms. The Hall–Kier alpha value is -2.78. The van der Waals surface area contributed by atoms with E-state index in [-0.39, 0.29) is 5.54 Å². The first-order chi connectivity index (χ1) is 12.1. The molecule has 126 valence electrons. The van der Waals surface area contributed by atoms with E-state index in [0.717, 1.165) is 24.3 Å². The second-order valence-corrected chi connectivity index (χ2v) is 6.70. The second kappa shape index (κ2) is 5.94. The molecular formula is C22H23N3. The quantitative estimate of drug-likeness (QED) is 0.638. The van der Waals surface area contributed by atoms with Gasteiger partial charge < -0.3 is 16.8 Å². The first-order valence-electron chi connectivity index (χ1n) is 8.73. The molecule has 3 aromatic carbocycles. The predicted octanol–water partition coefficient (Wildman–Crippen LogP) is 3.93. The highest BCUT2D eigenvalue weighted by molar-refractivity contribution is 5.79. The highest BCUT2D eigenvalue weighted by atomic mass is 15.0. The van der Waals surface area contributed by atoms with Crippen molar-refractivity contribution < 1.29 is 0 Å². The Bertz CT molecular complexity index is 918. The molecule has 1 atom stereocenters. The van der Waals surface area contributed by atoms with Crippen LogP contribution in [0.25, 0.3) is 11.1 Å². The van der Waals surface area contributed by atoms with E-state index >= 15 is 0 Å². The zero-order valence-electron chi connectivity index (χ0n) is 14.4. The Morgan fingerprint density at radius 3 is 2.28 bits per heavy atom. The smallest absolute Gasteiger partial charge is 0.0738 e. The fourth-order valence-corrected chi connectivity index (χ4v) is 4.10. The minimum atomic E-state index is -0.304. The van der Waals surface area contributed by atoms with Gasteiger partial charge in [-0.25, -0.2) is 0 Å². The van der Waals surface area contributed by atoms with Crippen molar-refractivity contribution in [1.82, 2.24) is 5.32 Å². The number of hydrogen-bond acceptors (Lipinski definition) is 3. The maximum absolute atomic E-state index is 6.17. The second-order valence-electron chi connectivity index (χ2n) is 6.70. The fraction of sp³-hybridized carbons (Fsp3) is 0.182. The van der Waals surface area contributed by atoms with Gasteiger partial charge in [0.2, 0.25) is 0 Å². The van der Waals surface area contributed by atoms with E-state index in [9.17, 15) is 0 Å². The van der Waals surface area contributed by atoms with Crippen molar-refractivity contribution in [2.75, 3.05) is 18.0 Å². The summed E-state index contributed by atoms with van der Waals surface area (Å²) in [6.07, 6.45) is 0.849. The van der Waals surface area contributed by atoms with Gasteiger partial charge in [-0.05, 0) is 65.0 Å². The summed E-state index contributed by atoms with van der Waals surface area (Å²) in [6.45, 7) is 3.01. The van der Waals surface area contributed by atoms with Gasteiger partial charge in [0.1, 0.15) is 0 Å². The molecule has 0 aliphatic heterocycles. The van der Waals surface area contributed by atoms with Crippen LogP contribution in [-0.4, -0.2) is 6.54 Å². The molecule has 1 aliphatic carbocycles. The van der Waals surface area contributed by atoms with Crippen molar-refractivity contribution in [3.63, 3.8) is 0 Å². The van der Waals surface area contributed by atoms with Gasteiger partial charge in [-0.1, -0.05) is 49.4 Å². The lowest BCUT2D eigenvalue weighted by Crippen LogP contribution is -2.47. The van der Waals surface area contributed by atoms with Crippen LogP contribution in [0.15, 0.2) is 66.7 Å². The van der Waals surface area contributed by atoms with E-state index in [1.54, 1.807) is 0 Å². The van der Waals surface area contributed by atoms with Crippen molar-refractivity contribution in [2.45, 2.75) is 18.9 Å². The Kier molecular flexibility index (Phi) is 3.74. The number of likely N-dealkylation sites (N-methyl/N-ethyl adjacent to an activating group) is 1. The summed E-state index contributed by atoms with van der Waals surface area (Å²) in [7, 11) is 0. The molecule has 3 aromatic rings. The number of benzene rings is 3. The summed E-state index contributed by atoms with van der Waals surface area (Å²) >= 11 is 0. The number of nitrogens with one attached hydrogen (secondary N) is 1. The third kappa shape index (κ3) is 2.48. The Morgan fingerprint density at radius 1 is 0.880 bits per heavy atom. The first-order valence-corrected chi connectivity index (χ1v) is 8.73. The predicted molar refractivity (Wildman–Crippen MR) is 105 cm³/mol. The lowest BCUT2D eigenvalue weighted by molar-refractivity contribution is 0.405. The van der Waals surface area contributed by atoms with Crippen LogP contribution in [-0.2, 0) is 12.0 Å². The number of fused-ring (bicyclic) bond motifs is 3. The van der Waals surface area contributed by atoms with Gasteiger partial charge in [0.05, 0.1) is 5.54 Å². The molecule has 0 bridgehead atoms. The number of nitrogens with two attached hydrogens (primary N) is 2. The molecule has 4 rings (SSSR count). The standard InChI is InChI=1S/C22H23N3/c1-2-25-22(16-6-4-3-5-7-16)14-15-12-17(23)8-10-19(15)20-11-9-18(24)13-21(20)22/h3-13,25H,2,14,23-24H2,1H3. The monoisotopic (exact) mass is 329 g/mol. The summed E-state index contributed by atoms with van der Waals surface area (Å²) in [5, 5.41) is 3.76. The van der Waals surface area contributed by atoms with Gasteiger partial charge in [0.25, 0.3) is 0 Å². The van der Waals surface area contributed by atoms with E-state index in [4.69, 9.17) is 11.5 Å². The minimum absolute atomic E-state index is 0.304. The van der Waals surface area contributed by atoms with Crippen molar-refractivity contribution in [3.05, 3.63) is 83.4 Å². The summed E-state index contributed by atoms with van der Waals surface area (Å²) < 4.78 is 0. The maximum Gasteiger partial charge on any atom is 0.0738 e. The number of nitrogen functional groups attached to an aromatic ring is 2. The Labute approximate surface area is 148 Å². The topological polar surface area (TPSA) is 64.1 Å². The molecular weight excluding hydrogens is 306 g/mol. The zero-order valence-corrected chi connectivity index (χ0v) is 14.4. The van der Waals surface area contributed by atoms with Crippen molar-refractivity contribution in [3.8, 4) is 11.1 Å². The van der Waals surface area contributed by atoms with E-state index in [2.05, 4.69) is 66.8 Å². The molecule has 0 heterocycles. The third-order valence-electron chi connectivity index (χ3n) is 5.12. The SMILES string of the molecule is CCNC1(c2ccccc2)Cc2cc(N)ccc2-c2ccc(N)cc21. The Morgan fingerprint density at radius 2 is 1.56 bits per heavy atom. The van der Waals surface area contributed by atoms with Crippen LogP contribution in [0.3, 0.4) is 0 Å².